The fourth-order valence-corrected chi connectivity index (χ4v) is 3.66. The molecule has 0 saturated carbocycles. The van der Waals surface area contributed by atoms with Crippen molar-refractivity contribution in [1.82, 2.24) is 19.9 Å². The predicted octanol–water partition coefficient (Wildman–Crippen LogP) is 4.58. The van der Waals surface area contributed by atoms with Crippen molar-refractivity contribution in [2.75, 3.05) is 25.3 Å². The highest BCUT2D eigenvalue weighted by molar-refractivity contribution is 6.10. The molecule has 0 atom stereocenters. The Labute approximate surface area is 184 Å². The molecule has 0 aliphatic rings. The van der Waals surface area contributed by atoms with Crippen LogP contribution in [0.5, 0.6) is 11.5 Å². The molecule has 0 amide bonds. The molecular formula is C24H20N6O2. The van der Waals surface area contributed by atoms with Crippen LogP contribution < -0.4 is 20.5 Å². The first-order valence-corrected chi connectivity index (χ1v) is 9.89. The van der Waals surface area contributed by atoms with Gasteiger partial charge in [0.1, 0.15) is 5.82 Å². The molecule has 8 heteroatoms. The summed E-state index contributed by atoms with van der Waals surface area (Å²) >= 11 is 0. The fraction of sp³-hybridized carbons (Fsp3) is 0.0833. The molecule has 0 unspecified atom stereocenters. The van der Waals surface area contributed by atoms with E-state index in [0.717, 1.165) is 38.6 Å². The minimum absolute atomic E-state index is 0.397. The van der Waals surface area contributed by atoms with Crippen molar-refractivity contribution in [2.45, 2.75) is 0 Å². The van der Waals surface area contributed by atoms with E-state index in [1.807, 2.05) is 36.4 Å². The summed E-state index contributed by atoms with van der Waals surface area (Å²) in [4.78, 5) is 17.6. The maximum Gasteiger partial charge on any atom is 0.162 e. The zero-order valence-electron chi connectivity index (χ0n) is 17.5. The minimum atomic E-state index is 0.397. The average molecular weight is 424 g/mol. The van der Waals surface area contributed by atoms with E-state index in [4.69, 9.17) is 15.2 Å². The molecule has 8 nitrogen and oxygen atoms in total. The Bertz CT molecular complexity index is 1440. The van der Waals surface area contributed by atoms with Gasteiger partial charge in [0.2, 0.25) is 0 Å². The molecule has 0 saturated heterocycles. The summed E-state index contributed by atoms with van der Waals surface area (Å²) < 4.78 is 10.9. The Hall–Kier alpha value is -4.46. The van der Waals surface area contributed by atoms with Crippen LogP contribution in [0.2, 0.25) is 0 Å². The van der Waals surface area contributed by atoms with E-state index in [-0.39, 0.29) is 0 Å². The third-order valence-corrected chi connectivity index (χ3v) is 5.22. The van der Waals surface area contributed by atoms with Crippen molar-refractivity contribution in [3.63, 3.8) is 0 Å². The van der Waals surface area contributed by atoms with Crippen molar-refractivity contribution in [3.8, 4) is 22.8 Å². The zero-order valence-corrected chi connectivity index (χ0v) is 17.5. The summed E-state index contributed by atoms with van der Waals surface area (Å²) in [5.41, 5.74) is 10.4. The Morgan fingerprint density at radius 2 is 1.56 bits per heavy atom. The van der Waals surface area contributed by atoms with Crippen LogP contribution in [-0.2, 0) is 0 Å². The van der Waals surface area contributed by atoms with Gasteiger partial charge in [-0.25, -0.2) is 4.98 Å². The second kappa shape index (κ2) is 7.99. The lowest BCUT2D eigenvalue weighted by Gasteiger charge is -2.12. The normalized spacial score (nSPS) is 10.9. The Kier molecular flexibility index (Phi) is 4.87. The summed E-state index contributed by atoms with van der Waals surface area (Å²) in [6.07, 6.45) is 8.71. The first kappa shape index (κ1) is 19.5. The molecule has 32 heavy (non-hydrogen) atoms. The van der Waals surface area contributed by atoms with Crippen LogP contribution in [0.3, 0.4) is 0 Å². The van der Waals surface area contributed by atoms with E-state index in [2.05, 4.69) is 25.3 Å². The summed E-state index contributed by atoms with van der Waals surface area (Å²) in [5, 5.41) is 5.91. The van der Waals surface area contributed by atoms with Crippen LogP contribution in [0, 0.1) is 0 Å². The molecule has 1 aromatic carbocycles. The molecule has 0 spiro atoms. The number of nitrogens with zero attached hydrogens (tertiary/aromatic N) is 4. The highest BCUT2D eigenvalue weighted by atomic mass is 16.5. The topological polar surface area (TPSA) is 108 Å². The average Bonchev–Trinajstić information content (AvgIpc) is 2.83. The van der Waals surface area contributed by atoms with Gasteiger partial charge in [-0.1, -0.05) is 0 Å². The van der Waals surface area contributed by atoms with Crippen molar-refractivity contribution in [1.29, 1.82) is 0 Å². The number of nitrogen functional groups attached to an aromatic ring is 1. The lowest BCUT2D eigenvalue weighted by Crippen LogP contribution is -1.98. The summed E-state index contributed by atoms with van der Waals surface area (Å²) in [7, 11) is 3.21. The van der Waals surface area contributed by atoms with Gasteiger partial charge in [-0.15, -0.1) is 0 Å². The number of hydrogen-bond acceptors (Lipinski definition) is 8. The number of methoxy groups -OCH3 is 2. The van der Waals surface area contributed by atoms with Crippen LogP contribution in [0.25, 0.3) is 32.9 Å². The molecule has 0 fully saturated rings. The lowest BCUT2D eigenvalue weighted by atomic mass is 10.0. The number of pyridine rings is 4. The van der Waals surface area contributed by atoms with E-state index in [1.165, 1.54) is 0 Å². The van der Waals surface area contributed by atoms with Crippen LogP contribution in [0.4, 0.5) is 17.2 Å². The summed E-state index contributed by atoms with van der Waals surface area (Å²) in [6, 6.07) is 11.5. The van der Waals surface area contributed by atoms with E-state index in [1.54, 1.807) is 45.2 Å². The number of hydrogen-bond donors (Lipinski definition) is 2. The molecule has 0 aliphatic heterocycles. The molecule has 3 N–H and O–H groups in total. The second-order valence-corrected chi connectivity index (χ2v) is 7.16. The molecule has 0 aliphatic carbocycles. The smallest absolute Gasteiger partial charge is 0.162 e. The minimum Gasteiger partial charge on any atom is -0.493 e. The third kappa shape index (κ3) is 3.47. The van der Waals surface area contributed by atoms with E-state index >= 15 is 0 Å². The number of benzene rings is 1. The van der Waals surface area contributed by atoms with Gasteiger partial charge in [0.05, 0.1) is 37.3 Å². The summed E-state index contributed by atoms with van der Waals surface area (Å²) in [5.74, 6) is 1.64. The fourth-order valence-electron chi connectivity index (χ4n) is 3.66. The van der Waals surface area contributed by atoms with E-state index in [0.29, 0.717) is 23.0 Å². The first-order chi connectivity index (χ1) is 15.7. The van der Waals surface area contributed by atoms with Gasteiger partial charge in [0.15, 0.2) is 11.5 Å². The van der Waals surface area contributed by atoms with Crippen LogP contribution >= 0.6 is 0 Å². The molecule has 158 valence electrons. The molecule has 0 radical (unpaired) electrons. The van der Waals surface area contributed by atoms with Crippen molar-refractivity contribution < 1.29 is 9.47 Å². The molecular weight excluding hydrogens is 404 g/mol. The van der Waals surface area contributed by atoms with E-state index < -0.39 is 0 Å². The quantitative estimate of drug-likeness (QED) is 0.395. The van der Waals surface area contributed by atoms with Gasteiger partial charge >= 0.3 is 0 Å². The Balaban J connectivity index is 1.65. The number of ether oxygens (including phenoxy) is 2. The first-order valence-electron chi connectivity index (χ1n) is 9.89. The number of anilines is 3. The SMILES string of the molecule is COc1cc2ncc3c(N)nc(-c4cncc(Nc5ccncc5)c4)cc3c2cc1OC. The highest BCUT2D eigenvalue weighted by Gasteiger charge is 2.13. The number of fused-ring (bicyclic) bond motifs is 3. The van der Waals surface area contributed by atoms with Crippen molar-refractivity contribution in [2.24, 2.45) is 0 Å². The van der Waals surface area contributed by atoms with Gasteiger partial charge in [-0.05, 0) is 35.7 Å². The number of aromatic nitrogens is 4. The molecule has 5 aromatic rings. The number of rotatable bonds is 5. The maximum absolute atomic E-state index is 6.32. The largest absolute Gasteiger partial charge is 0.493 e. The van der Waals surface area contributed by atoms with Gasteiger partial charge < -0.3 is 20.5 Å². The number of nitrogens with one attached hydrogen (secondary N) is 1. The second-order valence-electron chi connectivity index (χ2n) is 7.16. The molecule has 5 rings (SSSR count). The van der Waals surface area contributed by atoms with Gasteiger partial charge in [-0.2, -0.15) is 0 Å². The lowest BCUT2D eigenvalue weighted by molar-refractivity contribution is 0.356. The van der Waals surface area contributed by atoms with Gasteiger partial charge in [-0.3, -0.25) is 15.0 Å². The van der Waals surface area contributed by atoms with Crippen LogP contribution in [0.1, 0.15) is 0 Å². The Morgan fingerprint density at radius 1 is 0.781 bits per heavy atom. The monoisotopic (exact) mass is 424 g/mol. The van der Waals surface area contributed by atoms with Crippen molar-refractivity contribution >= 4 is 38.9 Å². The van der Waals surface area contributed by atoms with Gasteiger partial charge in [0.25, 0.3) is 0 Å². The van der Waals surface area contributed by atoms with Crippen molar-refractivity contribution in [3.05, 3.63) is 67.4 Å². The maximum atomic E-state index is 6.32. The molecule has 4 aromatic heterocycles. The molecule has 4 heterocycles. The van der Waals surface area contributed by atoms with Crippen LogP contribution in [0.15, 0.2) is 67.4 Å². The van der Waals surface area contributed by atoms with Crippen LogP contribution in [-0.4, -0.2) is 34.2 Å². The Morgan fingerprint density at radius 3 is 2.34 bits per heavy atom. The van der Waals surface area contributed by atoms with Gasteiger partial charge in [0, 0.05) is 52.9 Å². The summed E-state index contributed by atoms with van der Waals surface area (Å²) in [6.45, 7) is 0. The standard InChI is InChI=1S/C24H20N6O2/c1-31-22-9-18-17-8-20(30-24(25)19(17)13-28-21(18)10-23(22)32-2)14-7-16(12-27-11-14)29-15-3-5-26-6-4-15/h3-13H,1-2H3,(H2,25,30)(H,26,29). The van der Waals surface area contributed by atoms with E-state index in [9.17, 15) is 0 Å². The molecule has 0 bridgehead atoms. The highest BCUT2D eigenvalue weighted by Crippen LogP contribution is 2.37. The third-order valence-electron chi connectivity index (χ3n) is 5.22. The predicted molar refractivity (Wildman–Crippen MR) is 125 cm³/mol. The zero-order chi connectivity index (χ0) is 22.1. The number of nitrogens with two attached hydrogens (primary N) is 1.